The molecule has 0 saturated carbocycles. The zero-order valence-corrected chi connectivity index (χ0v) is 13.1. The van der Waals surface area contributed by atoms with Crippen LogP contribution in [0, 0.1) is 5.92 Å². The summed E-state index contributed by atoms with van der Waals surface area (Å²) in [5.41, 5.74) is 1.26. The van der Waals surface area contributed by atoms with E-state index in [1.54, 1.807) is 0 Å². The van der Waals surface area contributed by atoms with Gasteiger partial charge in [0.2, 0.25) is 0 Å². The molecule has 0 spiro atoms. The molecule has 0 aliphatic carbocycles. The molecule has 0 heterocycles. The summed E-state index contributed by atoms with van der Waals surface area (Å²) in [4.78, 5) is 12.0. The highest BCUT2D eigenvalue weighted by molar-refractivity contribution is 5.75. The van der Waals surface area contributed by atoms with Crippen molar-refractivity contribution in [1.82, 2.24) is 5.32 Å². The molecule has 1 aromatic rings. The molecular weight excluding hydrogens is 250 g/mol. The second-order valence-electron chi connectivity index (χ2n) is 5.65. The summed E-state index contributed by atoms with van der Waals surface area (Å²) in [5.74, 6) is 0.695. The van der Waals surface area contributed by atoms with Gasteiger partial charge in [-0.3, -0.25) is 4.79 Å². The minimum absolute atomic E-state index is 0.143. The monoisotopic (exact) mass is 277 g/mol. The van der Waals surface area contributed by atoms with Gasteiger partial charge in [0.1, 0.15) is 6.04 Å². The first-order valence-corrected chi connectivity index (χ1v) is 7.49. The van der Waals surface area contributed by atoms with Gasteiger partial charge in [-0.05, 0) is 37.3 Å². The summed E-state index contributed by atoms with van der Waals surface area (Å²) in [6.07, 6.45) is 0.759. The minimum atomic E-state index is -0.229. The van der Waals surface area contributed by atoms with Crippen LogP contribution in [0.5, 0.6) is 0 Å². The molecule has 0 aromatic heterocycles. The van der Waals surface area contributed by atoms with Crippen LogP contribution in [0.15, 0.2) is 30.3 Å². The number of nitrogens with one attached hydrogen (secondary N) is 1. The first kappa shape index (κ1) is 16.7. The zero-order valence-electron chi connectivity index (χ0n) is 13.1. The molecule has 0 aliphatic rings. The van der Waals surface area contributed by atoms with E-state index in [2.05, 4.69) is 38.2 Å². The van der Waals surface area contributed by atoms with E-state index in [1.165, 1.54) is 5.56 Å². The Bertz CT molecular complexity index is 389. The second-order valence-corrected chi connectivity index (χ2v) is 5.65. The Hall–Kier alpha value is -1.35. The highest BCUT2D eigenvalue weighted by atomic mass is 16.5. The van der Waals surface area contributed by atoms with E-state index < -0.39 is 0 Å². The van der Waals surface area contributed by atoms with Gasteiger partial charge in [-0.25, -0.2) is 0 Å². The van der Waals surface area contributed by atoms with Gasteiger partial charge in [0.25, 0.3) is 0 Å². The molecular formula is C17H27NO2. The van der Waals surface area contributed by atoms with Gasteiger partial charge >= 0.3 is 5.97 Å². The van der Waals surface area contributed by atoms with Crippen molar-refractivity contribution in [2.75, 3.05) is 13.2 Å². The Kier molecular flexibility index (Phi) is 7.31. The van der Waals surface area contributed by atoms with E-state index in [4.69, 9.17) is 4.74 Å². The number of ether oxygens (including phenoxy) is 1. The fourth-order valence-corrected chi connectivity index (χ4v) is 2.15. The van der Waals surface area contributed by atoms with E-state index >= 15 is 0 Å². The van der Waals surface area contributed by atoms with Crippen LogP contribution in [0.2, 0.25) is 0 Å². The maximum Gasteiger partial charge on any atom is 0.323 e. The molecule has 1 aromatic carbocycles. The third kappa shape index (κ3) is 5.74. The van der Waals surface area contributed by atoms with Crippen LogP contribution in [0.25, 0.3) is 0 Å². The second kappa shape index (κ2) is 8.75. The smallest absolute Gasteiger partial charge is 0.323 e. The molecule has 1 N–H and O–H groups in total. The summed E-state index contributed by atoms with van der Waals surface area (Å²) >= 11 is 0. The van der Waals surface area contributed by atoms with Crippen molar-refractivity contribution in [3.8, 4) is 0 Å². The summed E-state index contributed by atoms with van der Waals surface area (Å²) in [6, 6.07) is 10.1. The summed E-state index contributed by atoms with van der Waals surface area (Å²) < 4.78 is 5.17. The topological polar surface area (TPSA) is 38.3 Å². The van der Waals surface area contributed by atoms with E-state index in [9.17, 15) is 4.79 Å². The Balaban J connectivity index is 2.65. The van der Waals surface area contributed by atoms with Crippen molar-refractivity contribution in [3.05, 3.63) is 35.9 Å². The van der Waals surface area contributed by atoms with Gasteiger partial charge in [-0.15, -0.1) is 0 Å². The van der Waals surface area contributed by atoms with Crippen molar-refractivity contribution in [1.29, 1.82) is 0 Å². The first-order chi connectivity index (χ1) is 9.54. The molecule has 3 heteroatoms. The maximum absolute atomic E-state index is 12.0. The van der Waals surface area contributed by atoms with Crippen molar-refractivity contribution in [3.63, 3.8) is 0 Å². The molecule has 0 saturated heterocycles. The first-order valence-electron chi connectivity index (χ1n) is 7.49. The van der Waals surface area contributed by atoms with Gasteiger partial charge in [-0.2, -0.15) is 0 Å². The lowest BCUT2D eigenvalue weighted by Gasteiger charge is -2.22. The quantitative estimate of drug-likeness (QED) is 0.740. The van der Waals surface area contributed by atoms with Gasteiger partial charge in [0.05, 0.1) is 6.61 Å². The van der Waals surface area contributed by atoms with E-state index in [1.807, 2.05) is 25.1 Å². The largest absolute Gasteiger partial charge is 0.465 e. The number of esters is 1. The Morgan fingerprint density at radius 2 is 1.85 bits per heavy atom. The number of rotatable bonds is 8. The summed E-state index contributed by atoms with van der Waals surface area (Å²) in [7, 11) is 0. The van der Waals surface area contributed by atoms with Crippen LogP contribution >= 0.6 is 0 Å². The highest BCUT2D eigenvalue weighted by Crippen LogP contribution is 2.20. The van der Waals surface area contributed by atoms with Crippen molar-refractivity contribution in [2.24, 2.45) is 5.92 Å². The van der Waals surface area contributed by atoms with E-state index in [-0.39, 0.29) is 12.0 Å². The summed E-state index contributed by atoms with van der Waals surface area (Å²) in [6.45, 7) is 9.52. The molecule has 2 atom stereocenters. The van der Waals surface area contributed by atoms with E-state index in [0.29, 0.717) is 18.4 Å². The average Bonchev–Trinajstić information content (AvgIpc) is 2.44. The minimum Gasteiger partial charge on any atom is -0.465 e. The fourth-order valence-electron chi connectivity index (χ4n) is 2.15. The standard InChI is InChI=1S/C17H27NO2/c1-5-20-17(19)16(18-12-13(2)3)11-14(4)15-9-7-6-8-10-15/h6-10,13-14,16,18H,5,11-12H2,1-4H3. The lowest BCUT2D eigenvalue weighted by Crippen LogP contribution is -2.40. The number of carbonyl (C=O) groups is 1. The number of hydrogen-bond donors (Lipinski definition) is 1. The lowest BCUT2D eigenvalue weighted by atomic mass is 9.93. The fraction of sp³-hybridized carbons (Fsp3) is 0.588. The van der Waals surface area contributed by atoms with Crippen molar-refractivity contribution < 1.29 is 9.53 Å². The van der Waals surface area contributed by atoms with Gasteiger partial charge in [-0.1, -0.05) is 51.1 Å². The Morgan fingerprint density at radius 1 is 1.20 bits per heavy atom. The van der Waals surface area contributed by atoms with E-state index in [0.717, 1.165) is 13.0 Å². The van der Waals surface area contributed by atoms with Crippen LogP contribution in [0.4, 0.5) is 0 Å². The van der Waals surface area contributed by atoms with Gasteiger partial charge < -0.3 is 10.1 Å². The molecule has 3 nitrogen and oxygen atoms in total. The molecule has 1 rings (SSSR count). The third-order valence-electron chi connectivity index (χ3n) is 3.30. The van der Waals surface area contributed by atoms with Crippen LogP contribution in [-0.4, -0.2) is 25.2 Å². The zero-order chi connectivity index (χ0) is 15.0. The predicted octanol–water partition coefficient (Wildman–Crippen LogP) is 3.36. The molecule has 112 valence electrons. The van der Waals surface area contributed by atoms with Crippen LogP contribution < -0.4 is 5.32 Å². The average molecular weight is 277 g/mol. The van der Waals surface area contributed by atoms with Crippen molar-refractivity contribution in [2.45, 2.75) is 46.1 Å². The maximum atomic E-state index is 12.0. The Morgan fingerprint density at radius 3 is 2.40 bits per heavy atom. The highest BCUT2D eigenvalue weighted by Gasteiger charge is 2.22. The van der Waals surface area contributed by atoms with Crippen LogP contribution in [-0.2, 0) is 9.53 Å². The van der Waals surface area contributed by atoms with Gasteiger partial charge in [0, 0.05) is 0 Å². The molecule has 0 radical (unpaired) electrons. The van der Waals surface area contributed by atoms with Gasteiger partial charge in [0.15, 0.2) is 0 Å². The molecule has 20 heavy (non-hydrogen) atoms. The third-order valence-corrected chi connectivity index (χ3v) is 3.30. The van der Waals surface area contributed by atoms with Crippen molar-refractivity contribution >= 4 is 5.97 Å². The normalized spacial score (nSPS) is 14.1. The predicted molar refractivity (Wildman–Crippen MR) is 82.7 cm³/mol. The molecule has 2 unspecified atom stereocenters. The molecule has 0 amide bonds. The lowest BCUT2D eigenvalue weighted by molar-refractivity contribution is -0.146. The number of hydrogen-bond acceptors (Lipinski definition) is 3. The summed E-state index contributed by atoms with van der Waals surface area (Å²) in [5, 5.41) is 3.33. The van der Waals surface area contributed by atoms with Crippen LogP contribution in [0.1, 0.15) is 45.6 Å². The SMILES string of the molecule is CCOC(=O)C(CC(C)c1ccccc1)NCC(C)C. The van der Waals surface area contributed by atoms with Crippen LogP contribution in [0.3, 0.4) is 0 Å². The molecule has 0 aliphatic heterocycles. The number of carbonyl (C=O) groups excluding carboxylic acids is 1. The number of benzene rings is 1. The molecule has 0 fully saturated rings. The molecule has 0 bridgehead atoms. The Labute approximate surface area is 122 Å².